The molecule has 1 aromatic carbocycles. The first-order chi connectivity index (χ1) is 12.1. The molecule has 0 amide bonds. The predicted octanol–water partition coefficient (Wildman–Crippen LogP) is 2.65. The molecule has 0 saturated heterocycles. The van der Waals surface area contributed by atoms with Gasteiger partial charge in [0.05, 0.1) is 11.5 Å². The Morgan fingerprint density at radius 3 is 2.50 bits per heavy atom. The molecule has 0 spiro atoms. The molecule has 0 aliphatic heterocycles. The SMILES string of the molecule is NC1CCC(NS(=O)(=O)c2cccc(COCC(F)(F)C(F)F)c2)CC1. The van der Waals surface area contributed by atoms with Crippen LogP contribution in [-0.4, -0.2) is 39.5 Å². The van der Waals surface area contributed by atoms with Crippen molar-refractivity contribution in [3.05, 3.63) is 29.8 Å². The maximum Gasteiger partial charge on any atom is 0.330 e. The van der Waals surface area contributed by atoms with Gasteiger partial charge >= 0.3 is 12.3 Å². The molecule has 0 aromatic heterocycles. The lowest BCUT2D eigenvalue weighted by molar-refractivity contribution is -0.168. The Morgan fingerprint density at radius 1 is 1.23 bits per heavy atom. The summed E-state index contributed by atoms with van der Waals surface area (Å²) in [7, 11) is -3.78. The van der Waals surface area contributed by atoms with Gasteiger partial charge in [-0.2, -0.15) is 8.78 Å². The summed E-state index contributed by atoms with van der Waals surface area (Å²) in [4.78, 5) is -0.0332. The highest BCUT2D eigenvalue weighted by molar-refractivity contribution is 7.89. The fourth-order valence-corrected chi connectivity index (χ4v) is 4.07. The van der Waals surface area contributed by atoms with Gasteiger partial charge in [-0.15, -0.1) is 0 Å². The quantitative estimate of drug-likeness (QED) is 0.660. The van der Waals surface area contributed by atoms with Crippen LogP contribution in [0.15, 0.2) is 29.2 Å². The van der Waals surface area contributed by atoms with Gasteiger partial charge in [0.1, 0.15) is 6.61 Å². The van der Waals surface area contributed by atoms with Crippen LogP contribution in [0.1, 0.15) is 31.2 Å². The summed E-state index contributed by atoms with van der Waals surface area (Å²) in [5, 5.41) is 0. The Balaban J connectivity index is 1.96. The first-order valence-electron chi connectivity index (χ1n) is 8.21. The van der Waals surface area contributed by atoms with Crippen molar-refractivity contribution in [3.8, 4) is 0 Å². The molecule has 10 heteroatoms. The molecular formula is C16H22F4N2O3S. The van der Waals surface area contributed by atoms with Crippen molar-refractivity contribution in [3.63, 3.8) is 0 Å². The third kappa shape index (κ3) is 5.90. The second-order valence-corrected chi connectivity index (χ2v) is 8.15. The third-order valence-corrected chi connectivity index (χ3v) is 5.70. The zero-order chi connectivity index (χ0) is 19.4. The molecule has 5 nitrogen and oxygen atoms in total. The van der Waals surface area contributed by atoms with Crippen LogP contribution in [0.5, 0.6) is 0 Å². The van der Waals surface area contributed by atoms with Crippen LogP contribution in [-0.2, 0) is 21.4 Å². The number of alkyl halides is 4. The molecule has 1 aromatic rings. The second-order valence-electron chi connectivity index (χ2n) is 6.43. The van der Waals surface area contributed by atoms with Crippen LogP contribution < -0.4 is 10.5 Å². The van der Waals surface area contributed by atoms with Crippen LogP contribution in [0.3, 0.4) is 0 Å². The van der Waals surface area contributed by atoms with E-state index in [-0.39, 0.29) is 17.0 Å². The van der Waals surface area contributed by atoms with Gasteiger partial charge in [-0.25, -0.2) is 21.9 Å². The van der Waals surface area contributed by atoms with Gasteiger partial charge in [-0.3, -0.25) is 0 Å². The molecule has 0 heterocycles. The van der Waals surface area contributed by atoms with Gasteiger partial charge in [-0.05, 0) is 43.4 Å². The predicted molar refractivity (Wildman–Crippen MR) is 87.6 cm³/mol. The fraction of sp³-hybridized carbons (Fsp3) is 0.625. The van der Waals surface area contributed by atoms with Crippen molar-refractivity contribution in [2.45, 2.75) is 61.6 Å². The van der Waals surface area contributed by atoms with Gasteiger partial charge < -0.3 is 10.5 Å². The zero-order valence-corrected chi connectivity index (χ0v) is 14.8. The Bertz CT molecular complexity index is 692. The molecule has 0 bridgehead atoms. The van der Waals surface area contributed by atoms with E-state index in [1.165, 1.54) is 24.3 Å². The van der Waals surface area contributed by atoms with E-state index >= 15 is 0 Å². The lowest BCUT2D eigenvalue weighted by atomic mass is 9.93. The number of hydrogen-bond donors (Lipinski definition) is 2. The Kier molecular flexibility index (Phi) is 7.00. The van der Waals surface area contributed by atoms with Crippen molar-refractivity contribution >= 4 is 10.0 Å². The monoisotopic (exact) mass is 398 g/mol. The topological polar surface area (TPSA) is 81.4 Å². The molecule has 1 aliphatic carbocycles. The molecular weight excluding hydrogens is 376 g/mol. The van der Waals surface area contributed by atoms with Crippen LogP contribution >= 0.6 is 0 Å². The minimum absolute atomic E-state index is 0.0332. The highest BCUT2D eigenvalue weighted by Crippen LogP contribution is 2.24. The smallest absolute Gasteiger partial charge is 0.330 e. The fourth-order valence-electron chi connectivity index (χ4n) is 2.69. The molecule has 26 heavy (non-hydrogen) atoms. The molecule has 148 valence electrons. The second kappa shape index (κ2) is 8.64. The Hall–Kier alpha value is -1.23. The summed E-state index contributed by atoms with van der Waals surface area (Å²) in [6.45, 7) is -1.84. The van der Waals surface area contributed by atoms with Crippen molar-refractivity contribution in [1.82, 2.24) is 4.72 Å². The van der Waals surface area contributed by atoms with E-state index in [1.54, 1.807) is 0 Å². The van der Waals surface area contributed by atoms with Crippen molar-refractivity contribution in [1.29, 1.82) is 0 Å². The Morgan fingerprint density at radius 2 is 1.88 bits per heavy atom. The van der Waals surface area contributed by atoms with E-state index in [9.17, 15) is 26.0 Å². The molecule has 3 N–H and O–H groups in total. The van der Waals surface area contributed by atoms with E-state index in [2.05, 4.69) is 9.46 Å². The summed E-state index contributed by atoms with van der Waals surface area (Å²) < 4.78 is 81.9. The molecule has 1 aliphatic rings. The molecule has 0 radical (unpaired) electrons. The van der Waals surface area contributed by atoms with E-state index in [0.717, 1.165) is 12.8 Å². The first-order valence-corrected chi connectivity index (χ1v) is 9.69. The highest BCUT2D eigenvalue weighted by Gasteiger charge is 2.40. The average molecular weight is 398 g/mol. The van der Waals surface area contributed by atoms with Gasteiger partial charge in [0, 0.05) is 12.1 Å². The number of hydrogen-bond acceptors (Lipinski definition) is 4. The van der Waals surface area contributed by atoms with Gasteiger partial charge in [0.15, 0.2) is 0 Å². The standard InChI is InChI=1S/C16H22F4N2O3S/c17-15(18)16(19,20)10-25-9-11-2-1-3-14(8-11)26(23,24)22-13-6-4-12(21)5-7-13/h1-3,8,12-13,15,22H,4-7,9-10,21H2. The summed E-state index contributed by atoms with van der Waals surface area (Å²) in [6, 6.07) is 5.44. The number of nitrogens with one attached hydrogen (secondary N) is 1. The maximum atomic E-state index is 12.8. The summed E-state index contributed by atoms with van der Waals surface area (Å²) in [5.74, 6) is -4.24. The number of nitrogens with two attached hydrogens (primary N) is 1. The van der Waals surface area contributed by atoms with Crippen LogP contribution in [0.2, 0.25) is 0 Å². The van der Waals surface area contributed by atoms with E-state index in [4.69, 9.17) is 5.73 Å². The normalized spacial score (nSPS) is 21.9. The maximum absolute atomic E-state index is 12.8. The number of sulfonamides is 1. The number of halogens is 4. The van der Waals surface area contributed by atoms with Gasteiger partial charge in [0.25, 0.3) is 0 Å². The molecule has 0 unspecified atom stereocenters. The minimum Gasteiger partial charge on any atom is -0.370 e. The van der Waals surface area contributed by atoms with Crippen LogP contribution in [0.4, 0.5) is 17.6 Å². The van der Waals surface area contributed by atoms with Gasteiger partial charge in [0.2, 0.25) is 10.0 Å². The average Bonchev–Trinajstić information content (AvgIpc) is 2.57. The number of rotatable bonds is 8. The van der Waals surface area contributed by atoms with Crippen LogP contribution in [0.25, 0.3) is 0 Å². The van der Waals surface area contributed by atoms with Crippen molar-refractivity contribution in [2.24, 2.45) is 5.73 Å². The summed E-state index contributed by atoms with van der Waals surface area (Å²) in [5.41, 5.74) is 6.09. The van der Waals surface area contributed by atoms with Gasteiger partial charge in [-0.1, -0.05) is 12.1 Å². The Labute approximate surface area is 150 Å². The van der Waals surface area contributed by atoms with E-state index in [0.29, 0.717) is 18.4 Å². The van der Waals surface area contributed by atoms with Crippen LogP contribution in [0, 0.1) is 0 Å². The van der Waals surface area contributed by atoms with Crippen molar-refractivity contribution < 1.29 is 30.7 Å². The lowest BCUT2D eigenvalue weighted by Gasteiger charge is -2.26. The van der Waals surface area contributed by atoms with E-state index in [1.807, 2.05) is 0 Å². The summed E-state index contributed by atoms with van der Waals surface area (Å²) >= 11 is 0. The minimum atomic E-state index is -4.24. The molecule has 1 fully saturated rings. The third-order valence-electron chi connectivity index (χ3n) is 4.18. The lowest BCUT2D eigenvalue weighted by Crippen LogP contribution is -2.40. The van der Waals surface area contributed by atoms with Crippen molar-refractivity contribution in [2.75, 3.05) is 6.61 Å². The zero-order valence-electron chi connectivity index (χ0n) is 14.0. The van der Waals surface area contributed by atoms with E-state index < -0.39 is 35.6 Å². The first kappa shape index (κ1) is 21.1. The molecule has 2 rings (SSSR count). The number of benzene rings is 1. The molecule has 0 atom stereocenters. The number of ether oxygens (including phenoxy) is 1. The highest BCUT2D eigenvalue weighted by atomic mass is 32.2. The summed E-state index contributed by atoms with van der Waals surface area (Å²) in [6.07, 6.45) is -1.06. The molecule has 1 saturated carbocycles. The largest absolute Gasteiger partial charge is 0.370 e.